The average Bonchev–Trinajstić information content (AvgIpc) is 2.30. The Kier molecular flexibility index (Phi) is 5.01. The average molecular weight is 235 g/mol. The highest BCUT2D eigenvalue weighted by Gasteiger charge is 2.12. The SMILES string of the molecule is CCC(C)C(N)COc1cc(C)cc(C)c1C. The lowest BCUT2D eigenvalue weighted by Gasteiger charge is -2.20. The molecule has 96 valence electrons. The smallest absolute Gasteiger partial charge is 0.122 e. The van der Waals surface area contributed by atoms with E-state index in [2.05, 4.69) is 46.8 Å². The molecule has 1 rings (SSSR count). The highest BCUT2D eigenvalue weighted by atomic mass is 16.5. The molecule has 0 aliphatic heterocycles. The molecule has 0 amide bonds. The van der Waals surface area contributed by atoms with Gasteiger partial charge in [-0.05, 0) is 49.4 Å². The van der Waals surface area contributed by atoms with E-state index in [-0.39, 0.29) is 6.04 Å². The van der Waals surface area contributed by atoms with Crippen LogP contribution in [0.3, 0.4) is 0 Å². The zero-order valence-corrected chi connectivity index (χ0v) is 11.7. The summed E-state index contributed by atoms with van der Waals surface area (Å²) in [6.07, 6.45) is 1.09. The molecule has 2 nitrogen and oxygen atoms in total. The van der Waals surface area contributed by atoms with Gasteiger partial charge in [0.2, 0.25) is 0 Å². The molecule has 0 fully saturated rings. The largest absolute Gasteiger partial charge is 0.492 e. The van der Waals surface area contributed by atoms with Crippen LogP contribution < -0.4 is 10.5 Å². The third-order valence-corrected chi connectivity index (χ3v) is 3.57. The summed E-state index contributed by atoms with van der Waals surface area (Å²) in [4.78, 5) is 0. The first kappa shape index (κ1) is 14.0. The summed E-state index contributed by atoms with van der Waals surface area (Å²) in [5, 5.41) is 0. The Morgan fingerprint density at radius 3 is 2.47 bits per heavy atom. The van der Waals surface area contributed by atoms with Crippen molar-refractivity contribution < 1.29 is 4.74 Å². The second kappa shape index (κ2) is 6.06. The number of hydrogen-bond donors (Lipinski definition) is 1. The molecule has 2 unspecified atom stereocenters. The Morgan fingerprint density at radius 2 is 1.88 bits per heavy atom. The molecule has 2 heteroatoms. The quantitative estimate of drug-likeness (QED) is 0.849. The van der Waals surface area contributed by atoms with Crippen LogP contribution in [0.4, 0.5) is 0 Å². The van der Waals surface area contributed by atoms with Gasteiger partial charge in [-0.15, -0.1) is 0 Å². The number of rotatable bonds is 5. The van der Waals surface area contributed by atoms with Crippen molar-refractivity contribution in [3.05, 3.63) is 28.8 Å². The van der Waals surface area contributed by atoms with Crippen LogP contribution in [0, 0.1) is 26.7 Å². The van der Waals surface area contributed by atoms with Gasteiger partial charge in [0.1, 0.15) is 12.4 Å². The maximum atomic E-state index is 6.08. The standard InChI is InChI=1S/C15H25NO/c1-6-11(3)14(16)9-17-15-8-10(2)7-12(4)13(15)5/h7-8,11,14H,6,9,16H2,1-5H3. The fourth-order valence-corrected chi connectivity index (χ4v) is 1.80. The van der Waals surface area contributed by atoms with Crippen molar-refractivity contribution in [1.29, 1.82) is 0 Å². The van der Waals surface area contributed by atoms with Crippen LogP contribution in [-0.2, 0) is 0 Å². The summed E-state index contributed by atoms with van der Waals surface area (Å²) in [7, 11) is 0. The molecular weight excluding hydrogens is 210 g/mol. The lowest BCUT2D eigenvalue weighted by atomic mass is 10.0. The summed E-state index contributed by atoms with van der Waals surface area (Å²) in [5.41, 5.74) is 9.80. The number of nitrogens with two attached hydrogens (primary N) is 1. The molecule has 0 aliphatic carbocycles. The van der Waals surface area contributed by atoms with Crippen LogP contribution in [0.25, 0.3) is 0 Å². The van der Waals surface area contributed by atoms with E-state index in [0.29, 0.717) is 12.5 Å². The summed E-state index contributed by atoms with van der Waals surface area (Å²) in [6, 6.07) is 4.38. The first-order chi connectivity index (χ1) is 7.95. The minimum atomic E-state index is 0.111. The minimum Gasteiger partial charge on any atom is -0.492 e. The van der Waals surface area contributed by atoms with Gasteiger partial charge in [-0.1, -0.05) is 26.3 Å². The Labute approximate surface area is 105 Å². The van der Waals surface area contributed by atoms with Crippen LogP contribution >= 0.6 is 0 Å². The number of hydrogen-bond acceptors (Lipinski definition) is 2. The monoisotopic (exact) mass is 235 g/mol. The fraction of sp³-hybridized carbons (Fsp3) is 0.600. The van der Waals surface area contributed by atoms with Crippen molar-refractivity contribution >= 4 is 0 Å². The summed E-state index contributed by atoms with van der Waals surface area (Å²) < 4.78 is 5.86. The molecule has 0 aromatic heterocycles. The first-order valence-electron chi connectivity index (χ1n) is 6.42. The third-order valence-electron chi connectivity index (χ3n) is 3.57. The zero-order valence-electron chi connectivity index (χ0n) is 11.7. The molecule has 0 heterocycles. The van der Waals surface area contributed by atoms with Crippen LogP contribution in [0.15, 0.2) is 12.1 Å². The molecule has 0 radical (unpaired) electrons. The molecule has 1 aromatic carbocycles. The molecule has 0 saturated heterocycles. The summed E-state index contributed by atoms with van der Waals surface area (Å²) >= 11 is 0. The number of benzene rings is 1. The van der Waals surface area contributed by atoms with Crippen LogP contribution in [-0.4, -0.2) is 12.6 Å². The minimum absolute atomic E-state index is 0.111. The molecule has 0 aliphatic rings. The Bertz CT molecular complexity index is 373. The highest BCUT2D eigenvalue weighted by Crippen LogP contribution is 2.23. The molecule has 2 N–H and O–H groups in total. The third kappa shape index (κ3) is 3.74. The van der Waals surface area contributed by atoms with Crippen molar-refractivity contribution in [3.8, 4) is 5.75 Å². The predicted molar refractivity (Wildman–Crippen MR) is 73.6 cm³/mol. The van der Waals surface area contributed by atoms with Crippen molar-refractivity contribution in [2.45, 2.75) is 47.1 Å². The van der Waals surface area contributed by atoms with Gasteiger partial charge in [-0.3, -0.25) is 0 Å². The lowest BCUT2D eigenvalue weighted by molar-refractivity contribution is 0.249. The summed E-state index contributed by atoms with van der Waals surface area (Å²) in [6.45, 7) is 11.2. The van der Waals surface area contributed by atoms with Crippen molar-refractivity contribution in [2.75, 3.05) is 6.61 Å². The molecule has 0 saturated carbocycles. The Balaban J connectivity index is 2.69. The van der Waals surface area contributed by atoms with Gasteiger partial charge < -0.3 is 10.5 Å². The molecule has 17 heavy (non-hydrogen) atoms. The maximum Gasteiger partial charge on any atom is 0.122 e. The van der Waals surface area contributed by atoms with Crippen LogP contribution in [0.2, 0.25) is 0 Å². The van der Waals surface area contributed by atoms with Crippen molar-refractivity contribution in [3.63, 3.8) is 0 Å². The van der Waals surface area contributed by atoms with E-state index in [0.717, 1.165) is 12.2 Å². The van der Waals surface area contributed by atoms with Gasteiger partial charge >= 0.3 is 0 Å². The topological polar surface area (TPSA) is 35.2 Å². The van der Waals surface area contributed by atoms with Crippen LogP contribution in [0.5, 0.6) is 5.75 Å². The summed E-state index contributed by atoms with van der Waals surface area (Å²) in [5.74, 6) is 1.47. The van der Waals surface area contributed by atoms with E-state index in [1.54, 1.807) is 0 Å². The van der Waals surface area contributed by atoms with E-state index in [4.69, 9.17) is 10.5 Å². The molecule has 1 aromatic rings. The van der Waals surface area contributed by atoms with E-state index in [1.165, 1.54) is 16.7 Å². The molecule has 0 bridgehead atoms. The molecule has 0 spiro atoms. The van der Waals surface area contributed by atoms with E-state index < -0.39 is 0 Å². The zero-order chi connectivity index (χ0) is 13.0. The highest BCUT2D eigenvalue weighted by molar-refractivity contribution is 5.41. The van der Waals surface area contributed by atoms with Gasteiger partial charge in [0.05, 0.1) is 0 Å². The Morgan fingerprint density at radius 1 is 1.24 bits per heavy atom. The van der Waals surface area contributed by atoms with Gasteiger partial charge in [-0.2, -0.15) is 0 Å². The Hall–Kier alpha value is -1.02. The molecular formula is C15H25NO. The second-order valence-corrected chi connectivity index (χ2v) is 5.07. The van der Waals surface area contributed by atoms with Crippen LogP contribution in [0.1, 0.15) is 37.0 Å². The normalized spacial score (nSPS) is 14.5. The predicted octanol–water partition coefficient (Wildman–Crippen LogP) is 3.36. The number of ether oxygens (including phenoxy) is 1. The first-order valence-corrected chi connectivity index (χ1v) is 6.42. The van der Waals surface area contributed by atoms with E-state index in [9.17, 15) is 0 Å². The maximum absolute atomic E-state index is 6.08. The van der Waals surface area contributed by atoms with Gasteiger partial charge in [0.25, 0.3) is 0 Å². The van der Waals surface area contributed by atoms with Gasteiger partial charge in [-0.25, -0.2) is 0 Å². The number of aryl methyl sites for hydroxylation is 2. The molecule has 2 atom stereocenters. The van der Waals surface area contributed by atoms with Crippen molar-refractivity contribution in [1.82, 2.24) is 0 Å². The van der Waals surface area contributed by atoms with Gasteiger partial charge in [0, 0.05) is 6.04 Å². The van der Waals surface area contributed by atoms with Gasteiger partial charge in [0.15, 0.2) is 0 Å². The lowest BCUT2D eigenvalue weighted by Crippen LogP contribution is -2.34. The van der Waals surface area contributed by atoms with E-state index >= 15 is 0 Å². The second-order valence-electron chi connectivity index (χ2n) is 5.07. The van der Waals surface area contributed by atoms with E-state index in [1.807, 2.05) is 0 Å². The fourth-order valence-electron chi connectivity index (χ4n) is 1.80. The van der Waals surface area contributed by atoms with Crippen molar-refractivity contribution in [2.24, 2.45) is 11.7 Å².